The number of aliphatic imine (C=N–C) groups is 1. The fourth-order valence-corrected chi connectivity index (χ4v) is 3.93. The van der Waals surface area contributed by atoms with Gasteiger partial charge in [0.05, 0.1) is 17.7 Å². The van der Waals surface area contributed by atoms with Crippen molar-refractivity contribution < 1.29 is 28.2 Å². The minimum Gasteiger partial charge on any atom is -0.511 e. The van der Waals surface area contributed by atoms with Gasteiger partial charge in [-0.3, -0.25) is 9.79 Å². The van der Waals surface area contributed by atoms with E-state index in [2.05, 4.69) is 22.9 Å². The van der Waals surface area contributed by atoms with Crippen molar-refractivity contribution in [1.29, 1.82) is 0 Å². The van der Waals surface area contributed by atoms with Crippen LogP contribution >= 0.6 is 0 Å². The van der Waals surface area contributed by atoms with Gasteiger partial charge < -0.3 is 15.1 Å². The number of ketones is 1. The van der Waals surface area contributed by atoms with E-state index in [4.69, 9.17) is 5.11 Å². The molecule has 1 aromatic carbocycles. The molecule has 0 bridgehead atoms. The maximum absolute atomic E-state index is 13.3. The van der Waals surface area contributed by atoms with Crippen LogP contribution in [0.5, 0.6) is 0 Å². The number of nitrogens with zero attached hydrogens (tertiary/aromatic N) is 2. The lowest BCUT2D eigenvalue weighted by atomic mass is 9.81. The first kappa shape index (κ1) is 26.8. The van der Waals surface area contributed by atoms with Crippen LogP contribution in [0.25, 0.3) is 0 Å². The molecule has 0 aliphatic heterocycles. The van der Waals surface area contributed by atoms with E-state index in [1.165, 1.54) is 24.4 Å². The third-order valence-electron chi connectivity index (χ3n) is 5.71. The number of hydrogen-bond acceptors (Lipinski definition) is 5. The van der Waals surface area contributed by atoms with E-state index in [1.54, 1.807) is 0 Å². The summed E-state index contributed by atoms with van der Waals surface area (Å²) >= 11 is 0. The van der Waals surface area contributed by atoms with Crippen LogP contribution < -0.4 is 0 Å². The minimum atomic E-state index is -4.51. The summed E-state index contributed by atoms with van der Waals surface area (Å²) in [6, 6.07) is 5.19. The summed E-state index contributed by atoms with van der Waals surface area (Å²) in [5.74, 6) is -1.32. The van der Waals surface area contributed by atoms with Crippen LogP contribution in [0.1, 0.15) is 56.1 Å². The molecule has 8 heteroatoms. The van der Waals surface area contributed by atoms with Crippen LogP contribution in [0, 0.1) is 0 Å². The zero-order valence-corrected chi connectivity index (χ0v) is 19.0. The van der Waals surface area contributed by atoms with E-state index < -0.39 is 23.4 Å². The number of likely N-dealkylation sites (N-methyl/N-ethyl adjacent to an activating group) is 1. The van der Waals surface area contributed by atoms with Crippen LogP contribution in [0.15, 0.2) is 52.7 Å². The van der Waals surface area contributed by atoms with Crippen molar-refractivity contribution in [2.24, 2.45) is 4.99 Å². The Morgan fingerprint density at radius 2 is 1.88 bits per heavy atom. The van der Waals surface area contributed by atoms with Crippen molar-refractivity contribution in [1.82, 2.24) is 4.90 Å². The Kier molecular flexibility index (Phi) is 10.8. The average Bonchev–Trinajstić information content (AvgIpc) is 2.77. The minimum absolute atomic E-state index is 0.0227. The molecule has 0 heterocycles. The molecule has 2 rings (SSSR count). The first-order valence-corrected chi connectivity index (χ1v) is 11.4. The van der Waals surface area contributed by atoms with Crippen LogP contribution in [-0.2, 0) is 11.0 Å². The number of carbonyl (C=O) groups excluding carboxylic acids is 1. The Balaban J connectivity index is 1.85. The van der Waals surface area contributed by atoms with Gasteiger partial charge in [-0.25, -0.2) is 0 Å². The first-order chi connectivity index (χ1) is 15.8. The monoisotopic (exact) mass is 466 g/mol. The summed E-state index contributed by atoms with van der Waals surface area (Å²) in [6.07, 6.45) is 3.42. The number of allylic oxidation sites excluding steroid dienone is 3. The Morgan fingerprint density at radius 3 is 2.55 bits per heavy atom. The number of carbonyl (C=O) groups is 1. The molecule has 2 N–H and O–H groups in total. The second-order valence-corrected chi connectivity index (χ2v) is 8.07. The molecule has 1 atom stereocenters. The maximum atomic E-state index is 13.3. The molecule has 33 heavy (non-hydrogen) atoms. The van der Waals surface area contributed by atoms with E-state index in [1.807, 2.05) is 6.08 Å². The lowest BCUT2D eigenvalue weighted by Crippen LogP contribution is -2.27. The van der Waals surface area contributed by atoms with E-state index in [-0.39, 0.29) is 36.3 Å². The standard InChI is InChI=1S/C25H33F3N2O3/c1-2-30(14-15-31)13-9-5-3-4-8-12-29-18-21-23(32)16-19(17-24(21)33)20-10-6-7-11-22(20)25(26,27)28/h3-4,6-7,10-11,18-19,31-32H,2,5,8-9,12-17H2,1H3/b4-3+,29-18?. The van der Waals surface area contributed by atoms with Gasteiger partial charge in [-0.1, -0.05) is 37.3 Å². The van der Waals surface area contributed by atoms with Gasteiger partial charge in [0.25, 0.3) is 0 Å². The van der Waals surface area contributed by atoms with Crippen molar-refractivity contribution in [3.05, 3.63) is 58.9 Å². The molecule has 1 aliphatic carbocycles. The molecule has 1 aromatic rings. The van der Waals surface area contributed by atoms with E-state index in [9.17, 15) is 23.1 Å². The fraction of sp³-hybridized carbons (Fsp3) is 0.520. The molecule has 0 saturated heterocycles. The molecule has 5 nitrogen and oxygen atoms in total. The van der Waals surface area contributed by atoms with Crippen molar-refractivity contribution in [2.45, 2.75) is 51.1 Å². The van der Waals surface area contributed by atoms with Crippen molar-refractivity contribution in [2.75, 3.05) is 32.8 Å². The number of Topliss-reactive ketones (excluding diaryl/α,β-unsaturated/α-hetero) is 1. The Bertz CT molecular complexity index is 863. The summed E-state index contributed by atoms with van der Waals surface area (Å²) in [6.45, 7) is 5.21. The fourth-order valence-electron chi connectivity index (χ4n) is 3.93. The maximum Gasteiger partial charge on any atom is 0.416 e. The van der Waals surface area contributed by atoms with E-state index in [0.29, 0.717) is 19.5 Å². The van der Waals surface area contributed by atoms with Crippen molar-refractivity contribution >= 4 is 12.0 Å². The second-order valence-electron chi connectivity index (χ2n) is 8.07. The predicted octanol–water partition coefficient (Wildman–Crippen LogP) is 5.08. The van der Waals surface area contributed by atoms with E-state index >= 15 is 0 Å². The molecule has 0 spiro atoms. The third-order valence-corrected chi connectivity index (χ3v) is 5.71. The summed E-state index contributed by atoms with van der Waals surface area (Å²) in [5, 5.41) is 19.3. The average molecular weight is 467 g/mol. The number of aliphatic hydroxyl groups is 2. The highest BCUT2D eigenvalue weighted by Gasteiger charge is 2.37. The molecule has 1 unspecified atom stereocenters. The summed E-state index contributed by atoms with van der Waals surface area (Å²) in [7, 11) is 0. The van der Waals surface area contributed by atoms with Gasteiger partial charge in [-0.2, -0.15) is 13.2 Å². The smallest absolute Gasteiger partial charge is 0.416 e. The van der Waals surface area contributed by atoms with E-state index in [0.717, 1.165) is 32.0 Å². The predicted molar refractivity (Wildman–Crippen MR) is 124 cm³/mol. The molecule has 0 aromatic heterocycles. The molecule has 0 radical (unpaired) electrons. The lowest BCUT2D eigenvalue weighted by Gasteiger charge is -2.25. The topological polar surface area (TPSA) is 73.1 Å². The van der Waals surface area contributed by atoms with Crippen molar-refractivity contribution in [3.63, 3.8) is 0 Å². The van der Waals surface area contributed by atoms with Crippen LogP contribution in [-0.4, -0.2) is 59.9 Å². The highest BCUT2D eigenvalue weighted by atomic mass is 19.4. The third kappa shape index (κ3) is 8.44. The van der Waals surface area contributed by atoms with Crippen LogP contribution in [0.3, 0.4) is 0 Å². The van der Waals surface area contributed by atoms with Crippen molar-refractivity contribution in [3.8, 4) is 0 Å². The van der Waals surface area contributed by atoms with Gasteiger partial charge in [-0.05, 0) is 49.9 Å². The lowest BCUT2D eigenvalue weighted by molar-refractivity contribution is -0.138. The largest absolute Gasteiger partial charge is 0.511 e. The number of aliphatic hydroxyl groups excluding tert-OH is 2. The van der Waals surface area contributed by atoms with Gasteiger partial charge >= 0.3 is 6.18 Å². The Hall–Kier alpha value is -2.45. The molecule has 0 fully saturated rings. The molecule has 0 amide bonds. The van der Waals surface area contributed by atoms with Gasteiger partial charge in [0.15, 0.2) is 5.78 Å². The quantitative estimate of drug-likeness (QED) is 0.256. The summed E-state index contributed by atoms with van der Waals surface area (Å²) in [5.41, 5.74) is -0.650. The van der Waals surface area contributed by atoms with Gasteiger partial charge in [0.1, 0.15) is 5.76 Å². The Labute approximate surface area is 193 Å². The van der Waals surface area contributed by atoms with Crippen LogP contribution in [0.2, 0.25) is 0 Å². The normalized spacial score (nSPS) is 17.8. The molecule has 1 aliphatic rings. The number of rotatable bonds is 12. The number of alkyl halides is 3. The molecular weight excluding hydrogens is 433 g/mol. The number of unbranched alkanes of at least 4 members (excludes halogenated alkanes) is 1. The molecule has 182 valence electrons. The number of benzene rings is 1. The van der Waals surface area contributed by atoms with Gasteiger partial charge in [-0.15, -0.1) is 0 Å². The summed E-state index contributed by atoms with van der Waals surface area (Å²) in [4.78, 5) is 18.9. The number of halogens is 3. The first-order valence-electron chi connectivity index (χ1n) is 11.4. The highest BCUT2D eigenvalue weighted by molar-refractivity contribution is 6.14. The van der Waals surface area contributed by atoms with Crippen LogP contribution in [0.4, 0.5) is 13.2 Å². The molecule has 0 saturated carbocycles. The van der Waals surface area contributed by atoms with Gasteiger partial charge in [0, 0.05) is 32.1 Å². The zero-order valence-electron chi connectivity index (χ0n) is 19.0. The zero-order chi connectivity index (χ0) is 24.3. The second kappa shape index (κ2) is 13.3. The summed E-state index contributed by atoms with van der Waals surface area (Å²) < 4.78 is 39.9. The molecular formula is C25H33F3N2O3. The van der Waals surface area contributed by atoms with Gasteiger partial charge in [0.2, 0.25) is 0 Å². The SMILES string of the molecule is CCN(CCO)CCC/C=C/CCN=CC1=C(O)CC(c2ccccc2C(F)(F)F)CC1=O. The number of hydrogen-bond donors (Lipinski definition) is 2. The Morgan fingerprint density at radius 1 is 1.15 bits per heavy atom. The highest BCUT2D eigenvalue weighted by Crippen LogP contribution is 2.40.